The Morgan fingerprint density at radius 1 is 0.833 bits per heavy atom. The van der Waals surface area contributed by atoms with Crippen molar-refractivity contribution in [2.24, 2.45) is 0 Å². The molecule has 0 amide bonds. The Kier molecular flexibility index (Phi) is 3.55. The molecule has 0 aliphatic rings. The van der Waals surface area contributed by atoms with Crippen molar-refractivity contribution in [3.8, 4) is 5.75 Å². The van der Waals surface area contributed by atoms with Gasteiger partial charge in [0.25, 0.3) is 0 Å². The fourth-order valence-corrected chi connectivity index (χ4v) is 5.89. The fourth-order valence-electron chi connectivity index (χ4n) is 1.93. The maximum absolute atomic E-state index is 6.07. The van der Waals surface area contributed by atoms with Crippen LogP contribution < -0.4 is 5.72 Å². The maximum atomic E-state index is 6.07. The summed E-state index contributed by atoms with van der Waals surface area (Å²) in [6, 6.07) is 20.6. The van der Waals surface area contributed by atoms with E-state index in [2.05, 4.69) is 41.4 Å². The summed E-state index contributed by atoms with van der Waals surface area (Å²) < 4.78 is 7.45. The normalized spacial score (nSPS) is 10.0. The number of pyridine rings is 1. The Morgan fingerprint density at radius 3 is 2.56 bits per heavy atom. The first-order valence-corrected chi connectivity index (χ1v) is 10.9. The average molecular weight is 422 g/mol. The molecule has 0 saturated carbocycles. The van der Waals surface area contributed by atoms with Gasteiger partial charge in [-0.25, -0.2) is 0 Å². The standard InChI is InChI=1S/C9H7NO.C6H5.Hg/c11-8-5-1-3-7-4-2-6-10-9(7)8;1-2-4-6-5-3-1;/h1-6,11H;1-5H;/q;;+1/p-1. The molecule has 3 rings (SSSR count). The van der Waals surface area contributed by atoms with Crippen molar-refractivity contribution >= 4 is 14.0 Å². The number of nitrogens with zero attached hydrogens (tertiary/aromatic N) is 1. The van der Waals surface area contributed by atoms with Crippen LogP contribution in [0.1, 0.15) is 0 Å². The van der Waals surface area contributed by atoms with Crippen molar-refractivity contribution in [3.05, 3.63) is 66.9 Å². The summed E-state index contributed by atoms with van der Waals surface area (Å²) >= 11 is -1.52. The van der Waals surface area contributed by atoms with E-state index in [1.54, 1.807) is 0 Å². The van der Waals surface area contributed by atoms with Crippen LogP contribution in [0.4, 0.5) is 0 Å². The van der Waals surface area contributed by atoms with Crippen LogP contribution in [-0.4, -0.2) is 4.98 Å². The van der Waals surface area contributed by atoms with Gasteiger partial charge in [-0.2, -0.15) is 0 Å². The van der Waals surface area contributed by atoms with E-state index >= 15 is 0 Å². The summed E-state index contributed by atoms with van der Waals surface area (Å²) in [6.07, 6.45) is 1.81. The molecule has 0 atom stereocenters. The molecule has 0 unspecified atom stereocenters. The van der Waals surface area contributed by atoms with Gasteiger partial charge in [-0.15, -0.1) is 0 Å². The second kappa shape index (κ2) is 5.49. The molecule has 2 aromatic carbocycles. The van der Waals surface area contributed by atoms with E-state index in [-0.39, 0.29) is 0 Å². The van der Waals surface area contributed by atoms with Gasteiger partial charge in [-0.1, -0.05) is 0 Å². The zero-order chi connectivity index (χ0) is 12.2. The molecule has 84 valence electrons. The Morgan fingerprint density at radius 2 is 1.67 bits per heavy atom. The fraction of sp³-hybridized carbons (Fsp3) is 0. The van der Waals surface area contributed by atoms with Crippen molar-refractivity contribution in [1.82, 2.24) is 4.98 Å². The molecule has 0 spiro atoms. The molecule has 3 aromatic rings. The molecule has 2 nitrogen and oxygen atoms in total. The predicted molar refractivity (Wildman–Crippen MR) is 68.4 cm³/mol. The molecule has 0 aliphatic carbocycles. The molecule has 0 bridgehead atoms. The van der Waals surface area contributed by atoms with Gasteiger partial charge < -0.3 is 0 Å². The predicted octanol–water partition coefficient (Wildman–Crippen LogP) is 2.94. The van der Waals surface area contributed by atoms with Crippen LogP contribution in [0.25, 0.3) is 10.9 Å². The Balaban J connectivity index is 1.87. The zero-order valence-corrected chi connectivity index (χ0v) is 15.4. The van der Waals surface area contributed by atoms with Crippen molar-refractivity contribution in [3.63, 3.8) is 0 Å². The minimum atomic E-state index is -1.52. The first-order valence-electron chi connectivity index (χ1n) is 5.94. The summed E-state index contributed by atoms with van der Waals surface area (Å²) in [5.41, 5.74) is 0.968. The molecule has 18 heavy (non-hydrogen) atoms. The first kappa shape index (κ1) is 11.7. The molecule has 1 aromatic heterocycles. The molecule has 0 N–H and O–H groups in total. The van der Waals surface area contributed by atoms with Crippen LogP contribution in [0, 0.1) is 0 Å². The molecular formula is C15H11HgNO. The molecule has 1 heterocycles. The van der Waals surface area contributed by atoms with E-state index in [9.17, 15) is 0 Å². The van der Waals surface area contributed by atoms with Gasteiger partial charge in [-0.05, 0) is 0 Å². The van der Waals surface area contributed by atoms with Gasteiger partial charge >= 0.3 is 119 Å². The number of aromatic nitrogens is 1. The number of hydrogen-bond acceptors (Lipinski definition) is 2. The van der Waals surface area contributed by atoms with Gasteiger partial charge in [0, 0.05) is 0 Å². The molecule has 3 heteroatoms. The average Bonchev–Trinajstić information content (AvgIpc) is 2.46. The van der Waals surface area contributed by atoms with Crippen LogP contribution in [-0.2, 0) is 25.0 Å². The van der Waals surface area contributed by atoms with Crippen LogP contribution in [0.3, 0.4) is 0 Å². The number of rotatable bonds is 3. The molecule has 0 aliphatic heterocycles. The van der Waals surface area contributed by atoms with Gasteiger partial charge in [0.05, 0.1) is 0 Å². The monoisotopic (exact) mass is 423 g/mol. The summed E-state index contributed by atoms with van der Waals surface area (Å²) in [4.78, 5) is 4.40. The van der Waals surface area contributed by atoms with Crippen molar-refractivity contribution in [2.75, 3.05) is 0 Å². The summed E-state index contributed by atoms with van der Waals surface area (Å²) in [5, 5.41) is 1.14. The van der Waals surface area contributed by atoms with Gasteiger partial charge in [-0.3, -0.25) is 0 Å². The van der Waals surface area contributed by atoms with Gasteiger partial charge in [0.1, 0.15) is 0 Å². The third-order valence-electron chi connectivity index (χ3n) is 2.83. The second-order valence-corrected chi connectivity index (χ2v) is 9.52. The van der Waals surface area contributed by atoms with Gasteiger partial charge in [0.2, 0.25) is 0 Å². The third kappa shape index (κ3) is 2.54. The molecule has 0 fully saturated rings. The van der Waals surface area contributed by atoms with Crippen molar-refractivity contribution < 1.29 is 27.7 Å². The van der Waals surface area contributed by atoms with E-state index in [1.807, 2.05) is 30.5 Å². The number of benzene rings is 2. The van der Waals surface area contributed by atoms with Crippen molar-refractivity contribution in [1.29, 1.82) is 0 Å². The van der Waals surface area contributed by atoms with Crippen molar-refractivity contribution in [2.45, 2.75) is 0 Å². The summed E-state index contributed by atoms with van der Waals surface area (Å²) in [6.45, 7) is 0. The van der Waals surface area contributed by atoms with Gasteiger partial charge in [0.15, 0.2) is 0 Å². The molecule has 0 saturated heterocycles. The van der Waals surface area contributed by atoms with E-state index < -0.39 is 25.0 Å². The zero-order valence-electron chi connectivity index (χ0n) is 9.91. The second-order valence-electron chi connectivity index (χ2n) is 4.11. The van der Waals surface area contributed by atoms with Crippen LogP contribution in [0.2, 0.25) is 0 Å². The van der Waals surface area contributed by atoms with E-state index in [4.69, 9.17) is 2.64 Å². The Labute approximate surface area is 119 Å². The van der Waals surface area contributed by atoms with E-state index in [0.717, 1.165) is 16.7 Å². The summed E-state index contributed by atoms with van der Waals surface area (Å²) in [7, 11) is 0. The quantitative estimate of drug-likeness (QED) is 0.607. The first-order chi connectivity index (χ1) is 8.93. The number of hydrogen-bond donors (Lipinski definition) is 0. The third-order valence-corrected chi connectivity index (χ3v) is 7.73. The Bertz CT molecular complexity index is 649. The van der Waals surface area contributed by atoms with Crippen LogP contribution >= 0.6 is 0 Å². The number of para-hydroxylation sites is 1. The number of fused-ring (bicyclic) bond motifs is 1. The SMILES string of the molecule is c1cc[c]([Hg][O]c2cccc3cccnc23)cc1. The Hall–Kier alpha value is -1.41. The summed E-state index contributed by atoms with van der Waals surface area (Å²) in [5.74, 6) is 0.929. The molecular weight excluding hydrogens is 411 g/mol. The molecule has 0 radical (unpaired) electrons. The minimum absolute atomic E-state index is 0.929. The van der Waals surface area contributed by atoms with E-state index in [1.165, 1.54) is 3.07 Å². The van der Waals surface area contributed by atoms with Crippen LogP contribution in [0.15, 0.2) is 66.9 Å². The topological polar surface area (TPSA) is 22.1 Å². The van der Waals surface area contributed by atoms with E-state index in [0.29, 0.717) is 0 Å². The van der Waals surface area contributed by atoms with Crippen LogP contribution in [0.5, 0.6) is 5.75 Å².